The Morgan fingerprint density at radius 3 is 2.50 bits per heavy atom. The Morgan fingerprint density at radius 2 is 1.80 bits per heavy atom. The topological polar surface area (TPSA) is 41.4 Å². The molecule has 5 nitrogen and oxygen atoms in total. The summed E-state index contributed by atoms with van der Waals surface area (Å²) < 4.78 is 23.7. The van der Waals surface area contributed by atoms with Crippen LogP contribution in [0.5, 0.6) is 11.5 Å². The number of halogens is 1. The van der Waals surface area contributed by atoms with Crippen LogP contribution in [0.2, 0.25) is 0 Å². The molecule has 0 spiro atoms. The molecule has 1 aliphatic carbocycles. The molecule has 0 aromatic heterocycles. The summed E-state index contributed by atoms with van der Waals surface area (Å²) in [5, 5.41) is 0. The monoisotopic (exact) mass is 603 g/mol. The summed E-state index contributed by atoms with van der Waals surface area (Å²) in [7, 11) is 1.73. The van der Waals surface area contributed by atoms with Gasteiger partial charge in [-0.25, -0.2) is 0 Å². The van der Waals surface area contributed by atoms with Gasteiger partial charge in [-0.2, -0.15) is 0 Å². The maximum atomic E-state index is 6.40. The van der Waals surface area contributed by atoms with E-state index in [-0.39, 0.29) is 35.3 Å². The smallest absolute Gasteiger partial charge is 0.231 e. The lowest BCUT2D eigenvalue weighted by molar-refractivity contribution is -0.771. The number of nitrogens with one attached hydrogen (secondary N) is 1. The van der Waals surface area contributed by atoms with Gasteiger partial charge in [0.15, 0.2) is 11.5 Å². The van der Waals surface area contributed by atoms with E-state index in [1.807, 2.05) is 19.1 Å². The number of hydrogen-bond donors (Lipinski definition) is 1. The second-order valence-corrected chi connectivity index (χ2v) is 11.6. The summed E-state index contributed by atoms with van der Waals surface area (Å²) in [6.07, 6.45) is 12.3. The van der Waals surface area contributed by atoms with Gasteiger partial charge in [0.2, 0.25) is 6.79 Å². The highest BCUT2D eigenvalue weighted by Gasteiger charge is 2.40. The van der Waals surface area contributed by atoms with Gasteiger partial charge >= 0.3 is 0 Å². The van der Waals surface area contributed by atoms with Gasteiger partial charge in [0.1, 0.15) is 23.8 Å². The van der Waals surface area contributed by atoms with Crippen molar-refractivity contribution in [2.45, 2.75) is 52.1 Å². The molecule has 4 aliphatic rings. The van der Waals surface area contributed by atoms with Gasteiger partial charge in [-0.15, -0.1) is 0 Å². The normalized spacial score (nSPS) is 21.1. The van der Waals surface area contributed by atoms with Crippen LogP contribution in [-0.4, -0.2) is 33.2 Å². The van der Waals surface area contributed by atoms with Gasteiger partial charge in [-0.1, -0.05) is 63.3 Å². The van der Waals surface area contributed by atoms with Crippen molar-refractivity contribution < 1.29 is 40.8 Å². The molecule has 0 saturated heterocycles. The summed E-state index contributed by atoms with van der Waals surface area (Å²) in [6, 6.07) is 13.5. The molecule has 0 radical (unpaired) electrons. The molecule has 3 heterocycles. The van der Waals surface area contributed by atoms with E-state index in [4.69, 9.17) is 18.9 Å². The summed E-state index contributed by atoms with van der Waals surface area (Å²) in [5.74, 6) is 2.52. The number of quaternary nitrogens is 1. The van der Waals surface area contributed by atoms with E-state index in [1.165, 1.54) is 49.6 Å². The van der Waals surface area contributed by atoms with Gasteiger partial charge in [-0.05, 0) is 52.8 Å². The molecule has 40 heavy (non-hydrogen) atoms. The summed E-state index contributed by atoms with van der Waals surface area (Å²) in [4.78, 5) is 1.35. The van der Waals surface area contributed by atoms with Crippen molar-refractivity contribution in [3.05, 3.63) is 112 Å². The Morgan fingerprint density at radius 1 is 1.05 bits per heavy atom. The number of rotatable bonds is 6. The first-order valence-corrected chi connectivity index (χ1v) is 13.9. The maximum absolute atomic E-state index is 6.40. The second kappa shape index (κ2) is 11.4. The minimum Gasteiger partial charge on any atom is -1.00 e. The largest absolute Gasteiger partial charge is 1.00 e. The molecule has 0 fully saturated rings. The fraction of sp³-hybridized carbons (Fsp3) is 0.353. The van der Waals surface area contributed by atoms with E-state index in [1.54, 1.807) is 7.11 Å². The van der Waals surface area contributed by atoms with E-state index in [0.29, 0.717) is 6.61 Å². The van der Waals surface area contributed by atoms with E-state index in [0.717, 1.165) is 36.6 Å². The lowest BCUT2D eigenvalue weighted by atomic mass is 9.79. The van der Waals surface area contributed by atoms with Crippen molar-refractivity contribution in [1.29, 1.82) is 0 Å². The molecule has 2 atom stereocenters. The summed E-state index contributed by atoms with van der Waals surface area (Å²) in [6.45, 7) is 10.6. The van der Waals surface area contributed by atoms with Crippen molar-refractivity contribution in [3.8, 4) is 11.5 Å². The molecule has 6 heteroatoms. The van der Waals surface area contributed by atoms with E-state index >= 15 is 0 Å². The van der Waals surface area contributed by atoms with Crippen molar-refractivity contribution in [3.63, 3.8) is 0 Å². The van der Waals surface area contributed by atoms with E-state index in [2.05, 4.69) is 75.5 Å². The van der Waals surface area contributed by atoms with Crippen LogP contribution >= 0.6 is 0 Å². The third-order valence-electron chi connectivity index (χ3n) is 8.11. The lowest BCUT2D eigenvalue weighted by Gasteiger charge is -2.36. The number of ether oxygens (including phenoxy) is 4. The fourth-order valence-electron chi connectivity index (χ4n) is 5.99. The maximum Gasteiger partial charge on any atom is 0.231 e. The van der Waals surface area contributed by atoms with E-state index < -0.39 is 0 Å². The highest BCUT2D eigenvalue weighted by molar-refractivity contribution is 5.77. The lowest BCUT2D eigenvalue weighted by Crippen LogP contribution is -3.06. The number of fused-ring (bicyclic) bond motifs is 5. The van der Waals surface area contributed by atoms with Crippen molar-refractivity contribution in [2.75, 3.05) is 27.1 Å². The SMILES string of the molecule is C/C=C/COC1C(OC)=CC=C2C1=C[NH+]1CCc3cc4c(cc3C1=C2Cc1ccc(C(C)(C)C)cc1)OCO4.[Br-]. The predicted molar refractivity (Wildman–Crippen MR) is 154 cm³/mol. The third kappa shape index (κ3) is 5.20. The Bertz CT molecular complexity index is 1440. The average molecular weight is 605 g/mol. The van der Waals surface area contributed by atoms with Crippen molar-refractivity contribution >= 4 is 5.70 Å². The molecule has 2 unspecified atom stereocenters. The number of allylic oxidation sites excluding steroid dienone is 4. The van der Waals surface area contributed by atoms with Gasteiger partial charge in [-0.3, -0.25) is 4.90 Å². The van der Waals surface area contributed by atoms with Crippen LogP contribution in [0, 0.1) is 0 Å². The minimum absolute atomic E-state index is 0. The van der Waals surface area contributed by atoms with E-state index in [9.17, 15) is 0 Å². The van der Waals surface area contributed by atoms with Crippen LogP contribution in [0.1, 0.15) is 49.9 Å². The Kier molecular flexibility index (Phi) is 8.14. The van der Waals surface area contributed by atoms with Crippen LogP contribution in [0.4, 0.5) is 0 Å². The van der Waals surface area contributed by atoms with Crippen LogP contribution in [0.3, 0.4) is 0 Å². The highest BCUT2D eigenvalue weighted by atomic mass is 79.9. The standard InChI is InChI=1S/C34H37NO4.BrH/c1-6-7-16-37-33-28-20-35-15-14-23-18-30-31(39-21-38-30)19-26(23)32(35)27(25(28)12-13-29(33)36-5)17-22-8-10-24(11-9-22)34(2,3)4;/h6-13,18-20,33H,14-17,21H2,1-5H3;1H/b7-6+;. The van der Waals surface area contributed by atoms with Gasteiger partial charge < -0.3 is 35.9 Å². The Hall–Kier alpha value is -3.06. The van der Waals surface area contributed by atoms with Crippen LogP contribution in [0.15, 0.2) is 89.4 Å². The first-order chi connectivity index (χ1) is 18.9. The van der Waals surface area contributed by atoms with Gasteiger partial charge in [0.25, 0.3) is 0 Å². The number of hydrogen-bond acceptors (Lipinski definition) is 4. The average Bonchev–Trinajstić information content (AvgIpc) is 3.39. The van der Waals surface area contributed by atoms with Gasteiger partial charge in [0, 0.05) is 29.6 Å². The molecule has 2 aromatic rings. The zero-order valence-electron chi connectivity index (χ0n) is 24.0. The molecule has 2 aromatic carbocycles. The fourth-order valence-corrected chi connectivity index (χ4v) is 5.99. The number of methoxy groups -OCH3 is 1. The molecule has 210 valence electrons. The summed E-state index contributed by atoms with van der Waals surface area (Å²) >= 11 is 0. The van der Waals surface area contributed by atoms with Crippen molar-refractivity contribution in [2.24, 2.45) is 0 Å². The molecule has 0 amide bonds. The van der Waals surface area contributed by atoms with Crippen LogP contribution in [-0.2, 0) is 27.7 Å². The molecule has 0 saturated carbocycles. The predicted octanol–water partition coefficient (Wildman–Crippen LogP) is 2.44. The molecular formula is C34H38BrNO4. The Balaban J connectivity index is 0.00000323. The van der Waals surface area contributed by atoms with Crippen LogP contribution < -0.4 is 31.4 Å². The first-order valence-electron chi connectivity index (χ1n) is 13.9. The highest BCUT2D eigenvalue weighted by Crippen LogP contribution is 2.42. The quantitative estimate of drug-likeness (QED) is 0.515. The van der Waals surface area contributed by atoms with Crippen molar-refractivity contribution in [1.82, 2.24) is 0 Å². The second-order valence-electron chi connectivity index (χ2n) is 11.6. The minimum atomic E-state index is -0.239. The first kappa shape index (κ1) is 28.5. The summed E-state index contributed by atoms with van der Waals surface area (Å²) in [5.41, 5.74) is 10.4. The van der Waals surface area contributed by atoms with Gasteiger partial charge in [0.05, 0.1) is 20.3 Å². The zero-order valence-corrected chi connectivity index (χ0v) is 25.6. The molecule has 3 aliphatic heterocycles. The molecule has 1 N–H and O–H groups in total. The molecule has 0 bridgehead atoms. The number of benzene rings is 2. The Labute approximate surface area is 248 Å². The molecule has 6 rings (SSSR count). The zero-order chi connectivity index (χ0) is 27.1. The third-order valence-corrected chi connectivity index (χ3v) is 8.11. The molecular weight excluding hydrogens is 566 g/mol. The van der Waals surface area contributed by atoms with Crippen LogP contribution in [0.25, 0.3) is 5.70 Å².